The summed E-state index contributed by atoms with van der Waals surface area (Å²) < 4.78 is 10.8. The molecular weight excluding hydrogens is 454 g/mol. The third kappa shape index (κ3) is 4.26. The van der Waals surface area contributed by atoms with Gasteiger partial charge in [0.15, 0.2) is 0 Å². The Bertz CT molecular complexity index is 1250. The number of rotatable bonds is 5. The van der Waals surface area contributed by atoms with Gasteiger partial charge in [-0.25, -0.2) is 9.59 Å². The Morgan fingerprint density at radius 3 is 2.14 bits per heavy atom. The molecule has 1 aliphatic heterocycles. The van der Waals surface area contributed by atoms with Crippen molar-refractivity contribution in [3.63, 3.8) is 0 Å². The second kappa shape index (κ2) is 9.93. The first-order valence-electron chi connectivity index (χ1n) is 12.3. The van der Waals surface area contributed by atoms with Gasteiger partial charge in [-0.3, -0.25) is 0 Å². The molecule has 0 atom stereocenters. The molecule has 1 N–H and O–H groups in total. The number of carbonyl (C=O) groups is 2. The van der Waals surface area contributed by atoms with Gasteiger partial charge >= 0.3 is 12.1 Å². The van der Waals surface area contributed by atoms with Crippen molar-refractivity contribution >= 4 is 23.4 Å². The zero-order valence-electron chi connectivity index (χ0n) is 20.9. The fourth-order valence-corrected chi connectivity index (χ4v) is 5.34. The molecule has 2 aliphatic rings. The molecule has 7 nitrogen and oxygen atoms in total. The first-order chi connectivity index (χ1) is 17.5. The number of benzene rings is 3. The van der Waals surface area contributed by atoms with Gasteiger partial charge in [-0.05, 0) is 46.9 Å². The van der Waals surface area contributed by atoms with Crippen LogP contribution in [0.25, 0.3) is 11.1 Å². The monoisotopic (exact) mass is 485 g/mol. The third-order valence-corrected chi connectivity index (χ3v) is 7.29. The second-order valence-electron chi connectivity index (χ2n) is 9.19. The molecule has 36 heavy (non-hydrogen) atoms. The minimum atomic E-state index is -0.370. The number of fused-ring (bicyclic) bond motifs is 3. The van der Waals surface area contributed by atoms with Crippen LogP contribution in [-0.2, 0) is 9.47 Å². The minimum absolute atomic E-state index is 0.0475. The standard InChI is InChI=1S/C29H31N3O4/c1-19-26(30-2)16-20(28(33)35-3)17-27(19)31-12-14-32(15-13-31)29(34)36-18-25-23-10-6-4-8-21(23)22-9-5-7-11-24(22)25/h4-11,16-17,25,30H,12-15,18H2,1-3H3. The van der Waals surface area contributed by atoms with Gasteiger partial charge in [-0.1, -0.05) is 48.5 Å². The van der Waals surface area contributed by atoms with Crippen molar-refractivity contribution in [2.24, 2.45) is 0 Å². The summed E-state index contributed by atoms with van der Waals surface area (Å²) in [5, 5.41) is 3.16. The molecule has 1 saturated heterocycles. The highest BCUT2D eigenvalue weighted by Gasteiger charge is 2.30. The predicted octanol–water partition coefficient (Wildman–Crippen LogP) is 4.89. The summed E-state index contributed by atoms with van der Waals surface area (Å²) >= 11 is 0. The van der Waals surface area contributed by atoms with E-state index >= 15 is 0 Å². The van der Waals surface area contributed by atoms with E-state index in [1.807, 2.05) is 44.3 Å². The van der Waals surface area contributed by atoms with Crippen LogP contribution in [0.3, 0.4) is 0 Å². The van der Waals surface area contributed by atoms with Gasteiger partial charge in [0, 0.05) is 50.5 Å². The van der Waals surface area contributed by atoms with Crippen molar-refractivity contribution < 1.29 is 19.1 Å². The molecule has 3 aromatic carbocycles. The van der Waals surface area contributed by atoms with Gasteiger partial charge in [0.05, 0.1) is 12.7 Å². The van der Waals surface area contributed by atoms with Gasteiger partial charge in [-0.2, -0.15) is 0 Å². The van der Waals surface area contributed by atoms with E-state index in [4.69, 9.17) is 9.47 Å². The van der Waals surface area contributed by atoms with Crippen molar-refractivity contribution in [3.8, 4) is 11.1 Å². The number of nitrogens with zero attached hydrogens (tertiary/aromatic N) is 2. The molecule has 1 heterocycles. The molecule has 0 unspecified atom stereocenters. The normalized spacial score (nSPS) is 14.8. The predicted molar refractivity (Wildman–Crippen MR) is 141 cm³/mol. The SMILES string of the molecule is CNc1cc(C(=O)OC)cc(N2CCN(C(=O)OCC3c4ccccc4-c4ccccc43)CC2)c1C. The molecular formula is C29H31N3O4. The summed E-state index contributed by atoms with van der Waals surface area (Å²) in [6, 6.07) is 20.3. The Balaban J connectivity index is 1.24. The van der Waals surface area contributed by atoms with E-state index in [0.29, 0.717) is 38.3 Å². The Labute approximate surface area is 211 Å². The zero-order chi connectivity index (χ0) is 25.2. The van der Waals surface area contributed by atoms with Crippen molar-refractivity contribution in [1.82, 2.24) is 4.90 Å². The quantitative estimate of drug-likeness (QED) is 0.519. The number of esters is 1. The molecule has 0 bridgehead atoms. The summed E-state index contributed by atoms with van der Waals surface area (Å²) in [4.78, 5) is 29.1. The third-order valence-electron chi connectivity index (χ3n) is 7.29. The van der Waals surface area contributed by atoms with E-state index in [0.717, 1.165) is 16.9 Å². The first kappa shape index (κ1) is 23.7. The molecule has 1 aliphatic carbocycles. The molecule has 0 radical (unpaired) electrons. The minimum Gasteiger partial charge on any atom is -0.465 e. The average molecular weight is 486 g/mol. The second-order valence-corrected chi connectivity index (χ2v) is 9.19. The molecule has 186 valence electrons. The smallest absolute Gasteiger partial charge is 0.409 e. The summed E-state index contributed by atoms with van der Waals surface area (Å²) in [5.41, 5.74) is 8.25. The molecule has 0 saturated carbocycles. The highest BCUT2D eigenvalue weighted by molar-refractivity contribution is 5.93. The molecule has 5 rings (SSSR count). The van der Waals surface area contributed by atoms with E-state index in [2.05, 4.69) is 34.5 Å². The first-order valence-corrected chi connectivity index (χ1v) is 12.3. The van der Waals surface area contributed by atoms with Crippen molar-refractivity contribution in [3.05, 3.63) is 82.9 Å². The fourth-order valence-electron chi connectivity index (χ4n) is 5.34. The van der Waals surface area contributed by atoms with Crippen LogP contribution >= 0.6 is 0 Å². The summed E-state index contributed by atoms with van der Waals surface area (Å²) in [6.07, 6.45) is -0.285. The number of ether oxygens (including phenoxy) is 2. The molecule has 7 heteroatoms. The van der Waals surface area contributed by atoms with Crippen LogP contribution in [0.1, 0.15) is 33.0 Å². The highest BCUT2D eigenvalue weighted by atomic mass is 16.6. The lowest BCUT2D eigenvalue weighted by molar-refractivity contribution is 0.0600. The lowest BCUT2D eigenvalue weighted by atomic mass is 9.98. The number of methoxy groups -OCH3 is 1. The molecule has 0 aromatic heterocycles. The molecule has 3 aromatic rings. The fraction of sp³-hybridized carbons (Fsp3) is 0.310. The Morgan fingerprint density at radius 2 is 1.56 bits per heavy atom. The van der Waals surface area contributed by atoms with Gasteiger partial charge < -0.3 is 24.6 Å². The largest absolute Gasteiger partial charge is 0.465 e. The van der Waals surface area contributed by atoms with Crippen molar-refractivity contribution in [2.45, 2.75) is 12.8 Å². The van der Waals surface area contributed by atoms with Crippen LogP contribution < -0.4 is 10.2 Å². The van der Waals surface area contributed by atoms with Crippen LogP contribution in [0.5, 0.6) is 0 Å². The Morgan fingerprint density at radius 1 is 0.944 bits per heavy atom. The number of nitrogens with one attached hydrogen (secondary N) is 1. The van der Waals surface area contributed by atoms with E-state index < -0.39 is 0 Å². The zero-order valence-corrected chi connectivity index (χ0v) is 20.9. The van der Waals surface area contributed by atoms with Gasteiger partial charge in [0.2, 0.25) is 0 Å². The number of hydrogen-bond donors (Lipinski definition) is 1. The van der Waals surface area contributed by atoms with Crippen LogP contribution in [0, 0.1) is 6.92 Å². The lowest BCUT2D eigenvalue weighted by Crippen LogP contribution is -2.49. The maximum Gasteiger partial charge on any atom is 0.409 e. The van der Waals surface area contributed by atoms with Gasteiger partial charge in [-0.15, -0.1) is 0 Å². The summed E-state index contributed by atoms with van der Waals surface area (Å²) in [5.74, 6) is -0.323. The Kier molecular flexibility index (Phi) is 6.55. The highest BCUT2D eigenvalue weighted by Crippen LogP contribution is 2.44. The van der Waals surface area contributed by atoms with Crippen LogP contribution in [-0.4, -0.2) is 63.9 Å². The van der Waals surface area contributed by atoms with Crippen molar-refractivity contribution in [2.75, 3.05) is 57.2 Å². The van der Waals surface area contributed by atoms with E-state index in [9.17, 15) is 9.59 Å². The number of hydrogen-bond acceptors (Lipinski definition) is 6. The average Bonchev–Trinajstić information content (AvgIpc) is 3.25. The Hall–Kier alpha value is -4.00. The van der Waals surface area contributed by atoms with E-state index in [-0.39, 0.29) is 18.0 Å². The van der Waals surface area contributed by atoms with Crippen LogP contribution in [0.4, 0.5) is 16.2 Å². The lowest BCUT2D eigenvalue weighted by Gasteiger charge is -2.36. The van der Waals surface area contributed by atoms with E-state index in [1.165, 1.54) is 29.4 Å². The van der Waals surface area contributed by atoms with Crippen LogP contribution in [0.2, 0.25) is 0 Å². The number of carbonyl (C=O) groups excluding carboxylic acids is 2. The van der Waals surface area contributed by atoms with Crippen LogP contribution in [0.15, 0.2) is 60.7 Å². The van der Waals surface area contributed by atoms with E-state index in [1.54, 1.807) is 11.0 Å². The maximum absolute atomic E-state index is 13.0. The van der Waals surface area contributed by atoms with Gasteiger partial charge in [0.25, 0.3) is 0 Å². The molecule has 0 spiro atoms. The maximum atomic E-state index is 13.0. The topological polar surface area (TPSA) is 71.1 Å². The summed E-state index contributed by atoms with van der Waals surface area (Å²) in [7, 11) is 3.22. The molecule has 1 amide bonds. The number of anilines is 2. The molecule has 1 fully saturated rings. The van der Waals surface area contributed by atoms with Gasteiger partial charge in [0.1, 0.15) is 6.61 Å². The van der Waals surface area contributed by atoms with Crippen molar-refractivity contribution in [1.29, 1.82) is 0 Å². The number of amides is 1. The number of piperazine rings is 1. The summed E-state index contributed by atoms with van der Waals surface area (Å²) in [6.45, 7) is 4.75.